The maximum atomic E-state index is 13.7. The van der Waals surface area contributed by atoms with E-state index in [-0.39, 0.29) is 28.0 Å². The van der Waals surface area contributed by atoms with E-state index in [1.54, 1.807) is 6.92 Å². The van der Waals surface area contributed by atoms with Crippen LogP contribution in [-0.2, 0) is 9.47 Å². The highest BCUT2D eigenvalue weighted by Crippen LogP contribution is 2.41. The van der Waals surface area contributed by atoms with Crippen LogP contribution in [0.15, 0.2) is 24.3 Å². The summed E-state index contributed by atoms with van der Waals surface area (Å²) >= 11 is 0. The summed E-state index contributed by atoms with van der Waals surface area (Å²) in [6.07, 6.45) is -15.7. The van der Waals surface area contributed by atoms with Crippen molar-refractivity contribution >= 4 is 11.6 Å². The first-order chi connectivity index (χ1) is 19.3. The van der Waals surface area contributed by atoms with Crippen LogP contribution in [0.5, 0.6) is 17.2 Å². The van der Waals surface area contributed by atoms with Gasteiger partial charge in [-0.15, -0.1) is 0 Å². The number of ether oxygens (including phenoxy) is 4. The number of carbonyl (C=O) groups excluding carboxylic acids is 2. The lowest BCUT2D eigenvalue weighted by Crippen LogP contribution is -2.60. The molecule has 0 saturated carbocycles. The van der Waals surface area contributed by atoms with Crippen molar-refractivity contribution in [1.82, 2.24) is 0 Å². The summed E-state index contributed by atoms with van der Waals surface area (Å²) in [6, 6.07) is 4.97. The van der Waals surface area contributed by atoms with Crippen molar-refractivity contribution in [3.05, 3.63) is 52.1 Å². The van der Waals surface area contributed by atoms with Crippen molar-refractivity contribution in [3.8, 4) is 17.2 Å². The van der Waals surface area contributed by atoms with Gasteiger partial charge in [-0.05, 0) is 37.6 Å². The quantitative estimate of drug-likeness (QED) is 0.161. The first kappa shape index (κ1) is 29.3. The average molecular weight is 579 g/mol. The van der Waals surface area contributed by atoms with Crippen LogP contribution in [0.3, 0.4) is 0 Å². The van der Waals surface area contributed by atoms with Gasteiger partial charge in [0.15, 0.2) is 5.78 Å². The second kappa shape index (κ2) is 10.9. The van der Waals surface area contributed by atoms with Crippen LogP contribution in [0.2, 0.25) is 0 Å². The van der Waals surface area contributed by atoms with Crippen LogP contribution in [0, 0.1) is 6.92 Å². The normalized spacial score (nSPS) is 35.0. The fraction of sp³-hybridized carbons (Fsp3) is 0.481. The number of hydrogen-bond donors (Lipinski definition) is 8. The van der Waals surface area contributed by atoms with Crippen molar-refractivity contribution in [2.24, 2.45) is 0 Å². The topological polar surface area (TPSA) is 233 Å². The lowest BCUT2D eigenvalue weighted by Gasteiger charge is -2.40. The average Bonchev–Trinajstić information content (AvgIpc) is 2.93. The van der Waals surface area contributed by atoms with E-state index in [0.717, 1.165) is 12.1 Å². The number of phenols is 1. The molecule has 2 fully saturated rings. The summed E-state index contributed by atoms with van der Waals surface area (Å²) in [6.45, 7) is 2.29. The number of phenolic OH excluding ortho intramolecular Hbond substituents is 1. The van der Waals surface area contributed by atoms with Gasteiger partial charge in [0.05, 0.1) is 23.8 Å². The highest BCUT2D eigenvalue weighted by atomic mass is 16.7. The van der Waals surface area contributed by atoms with Gasteiger partial charge in [-0.1, -0.05) is 0 Å². The number of ketones is 2. The molecular weight excluding hydrogens is 548 g/mol. The number of hydrogen-bond acceptors (Lipinski definition) is 14. The van der Waals surface area contributed by atoms with Gasteiger partial charge in [-0.3, -0.25) is 9.59 Å². The molecular formula is C27H30O14. The minimum absolute atomic E-state index is 0.0999. The Morgan fingerprint density at radius 1 is 0.732 bits per heavy atom. The molecule has 2 aromatic rings. The third-order valence-electron chi connectivity index (χ3n) is 7.43. The predicted octanol–water partition coefficient (Wildman–Crippen LogP) is -2.14. The Kier molecular flexibility index (Phi) is 7.80. The van der Waals surface area contributed by atoms with Gasteiger partial charge in [0.1, 0.15) is 60.0 Å². The molecule has 2 aromatic carbocycles. The van der Waals surface area contributed by atoms with E-state index in [1.165, 1.54) is 19.1 Å². The molecule has 8 N–H and O–H groups in total. The minimum Gasteiger partial charge on any atom is -0.507 e. The molecule has 1 aliphatic carbocycles. The number of aliphatic hydroxyl groups is 7. The Labute approximate surface area is 232 Å². The molecule has 2 aliphatic heterocycles. The highest BCUT2D eigenvalue weighted by Gasteiger charge is 2.47. The van der Waals surface area contributed by atoms with E-state index < -0.39 is 91.1 Å². The van der Waals surface area contributed by atoms with Gasteiger partial charge < -0.3 is 59.8 Å². The number of carbonyl (C=O) groups is 2. The SMILES string of the molecule is Cc1cc(O)c2c(c1)C(=O)c1cc(O[C@H]3O[C@@H](C)[C@H](O)[C@H](O)[C@@H]3O)cc(O[C@H]3O[C@@H](CO)[C@H](O)[C@H](O)[C@@H]3O)c1C2=O. The maximum absolute atomic E-state index is 13.7. The molecule has 0 bridgehead atoms. The largest absolute Gasteiger partial charge is 0.507 e. The molecule has 222 valence electrons. The summed E-state index contributed by atoms with van der Waals surface area (Å²) in [7, 11) is 0. The van der Waals surface area contributed by atoms with Crippen LogP contribution in [0.25, 0.3) is 0 Å². The number of benzene rings is 2. The minimum atomic E-state index is -1.87. The lowest BCUT2D eigenvalue weighted by molar-refractivity contribution is -0.277. The third kappa shape index (κ3) is 4.97. The van der Waals surface area contributed by atoms with Crippen LogP contribution in [0.4, 0.5) is 0 Å². The van der Waals surface area contributed by atoms with Crippen molar-refractivity contribution in [2.75, 3.05) is 6.61 Å². The summed E-state index contributed by atoms with van der Waals surface area (Å²) in [4.78, 5) is 27.3. The second-order valence-corrected chi connectivity index (χ2v) is 10.3. The van der Waals surface area contributed by atoms with Gasteiger partial charge in [0.25, 0.3) is 0 Å². The monoisotopic (exact) mass is 578 g/mol. The zero-order valence-electron chi connectivity index (χ0n) is 21.8. The molecule has 3 aliphatic rings. The Morgan fingerprint density at radius 2 is 1.34 bits per heavy atom. The van der Waals surface area contributed by atoms with Crippen LogP contribution >= 0.6 is 0 Å². The Morgan fingerprint density at radius 3 is 2.00 bits per heavy atom. The highest BCUT2D eigenvalue weighted by molar-refractivity contribution is 6.30. The standard InChI is InChI=1S/C27H30O14/c1-8-3-11-16(13(29)4-8)21(33)17-12(19(11)31)5-10(39-26-24(36)22(34)18(30)9(2)38-26)6-14(17)40-27-25(37)23(35)20(32)15(7-28)41-27/h3-6,9,15,18,20,22-30,32,34-37H,7H2,1-2H3/t9-,15-,18-,20-,22-,23-,24-,25-,26+,27-/m0/s1. The third-order valence-corrected chi connectivity index (χ3v) is 7.43. The van der Waals surface area contributed by atoms with E-state index >= 15 is 0 Å². The van der Waals surface area contributed by atoms with Gasteiger partial charge in [0.2, 0.25) is 18.4 Å². The van der Waals surface area contributed by atoms with E-state index in [2.05, 4.69) is 0 Å². The molecule has 14 nitrogen and oxygen atoms in total. The molecule has 2 heterocycles. The smallest absolute Gasteiger partial charge is 0.229 e. The van der Waals surface area contributed by atoms with Crippen molar-refractivity contribution < 1.29 is 69.4 Å². The molecule has 0 unspecified atom stereocenters. The predicted molar refractivity (Wildman–Crippen MR) is 134 cm³/mol. The van der Waals surface area contributed by atoms with Gasteiger partial charge in [-0.25, -0.2) is 0 Å². The van der Waals surface area contributed by atoms with Crippen molar-refractivity contribution in [3.63, 3.8) is 0 Å². The fourth-order valence-corrected chi connectivity index (χ4v) is 5.15. The van der Waals surface area contributed by atoms with E-state index in [1.807, 2.05) is 0 Å². The first-order valence-corrected chi connectivity index (χ1v) is 12.8. The maximum Gasteiger partial charge on any atom is 0.229 e. The second-order valence-electron chi connectivity index (χ2n) is 10.3. The van der Waals surface area contributed by atoms with E-state index in [4.69, 9.17) is 18.9 Å². The molecule has 10 atom stereocenters. The molecule has 14 heteroatoms. The van der Waals surface area contributed by atoms with E-state index in [9.17, 15) is 50.4 Å². The van der Waals surface area contributed by atoms with Crippen LogP contribution < -0.4 is 9.47 Å². The lowest BCUT2D eigenvalue weighted by atomic mass is 9.82. The number of rotatable bonds is 5. The molecule has 0 aromatic heterocycles. The fourth-order valence-electron chi connectivity index (χ4n) is 5.15. The number of fused-ring (bicyclic) bond motifs is 2. The molecule has 41 heavy (non-hydrogen) atoms. The zero-order valence-corrected chi connectivity index (χ0v) is 21.8. The van der Waals surface area contributed by atoms with Crippen LogP contribution in [-0.4, -0.2) is 120 Å². The van der Waals surface area contributed by atoms with Crippen LogP contribution in [0.1, 0.15) is 44.3 Å². The Bertz CT molecular complexity index is 1360. The first-order valence-electron chi connectivity index (χ1n) is 12.8. The van der Waals surface area contributed by atoms with E-state index in [0.29, 0.717) is 5.56 Å². The molecule has 0 radical (unpaired) electrons. The number of aromatic hydroxyl groups is 1. The van der Waals surface area contributed by atoms with Gasteiger partial charge >= 0.3 is 0 Å². The number of aliphatic hydroxyl groups excluding tert-OH is 7. The van der Waals surface area contributed by atoms with Gasteiger partial charge in [-0.2, -0.15) is 0 Å². The molecule has 0 spiro atoms. The summed E-state index contributed by atoms with van der Waals surface area (Å²) < 4.78 is 22.3. The summed E-state index contributed by atoms with van der Waals surface area (Å²) in [5.74, 6) is -2.59. The molecule has 0 amide bonds. The summed E-state index contributed by atoms with van der Waals surface area (Å²) in [5, 5.41) is 81.5. The molecule has 2 saturated heterocycles. The summed E-state index contributed by atoms with van der Waals surface area (Å²) in [5.41, 5.74) is -0.492. The van der Waals surface area contributed by atoms with Gasteiger partial charge in [0, 0.05) is 17.2 Å². The Balaban J connectivity index is 1.59. The molecule has 5 rings (SSSR count). The zero-order chi connectivity index (χ0) is 29.9. The number of aryl methyl sites for hydroxylation is 1. The van der Waals surface area contributed by atoms with Crippen molar-refractivity contribution in [2.45, 2.75) is 75.3 Å². The van der Waals surface area contributed by atoms with Crippen molar-refractivity contribution in [1.29, 1.82) is 0 Å². The Hall–Kier alpha value is -3.18.